The van der Waals surface area contributed by atoms with Crippen LogP contribution in [0.25, 0.3) is 0 Å². The van der Waals surface area contributed by atoms with Gasteiger partial charge in [-0.1, -0.05) is 32.0 Å². The van der Waals surface area contributed by atoms with Crippen molar-refractivity contribution < 1.29 is 14.1 Å². The van der Waals surface area contributed by atoms with Crippen molar-refractivity contribution in [3.8, 4) is 6.07 Å². The van der Waals surface area contributed by atoms with Crippen molar-refractivity contribution in [3.63, 3.8) is 0 Å². The smallest absolute Gasteiger partial charge is 0.250 e. The molecule has 0 saturated heterocycles. The number of aromatic nitrogens is 2. The summed E-state index contributed by atoms with van der Waals surface area (Å²) in [5, 5.41) is 15.3. The topological polar surface area (TPSA) is 109 Å². The first-order valence-electron chi connectivity index (χ1n) is 6.96. The van der Waals surface area contributed by atoms with Crippen molar-refractivity contribution in [3.05, 3.63) is 41.9 Å². The normalized spacial score (nSPS) is 12.3. The molecule has 1 N–H and O–H groups in total. The summed E-state index contributed by atoms with van der Waals surface area (Å²) in [6, 6.07) is 8.08. The van der Waals surface area contributed by atoms with Gasteiger partial charge >= 0.3 is 0 Å². The van der Waals surface area contributed by atoms with Crippen LogP contribution in [0, 0.1) is 17.2 Å². The maximum atomic E-state index is 12.3. The van der Waals surface area contributed by atoms with Crippen LogP contribution < -0.4 is 5.32 Å². The molecular weight excluding hydrogens is 296 g/mol. The van der Waals surface area contributed by atoms with E-state index in [2.05, 4.69) is 15.5 Å². The van der Waals surface area contributed by atoms with Gasteiger partial charge in [0.1, 0.15) is 11.6 Å². The van der Waals surface area contributed by atoms with Crippen LogP contribution in [-0.4, -0.2) is 21.8 Å². The molecule has 0 radical (unpaired) electrons. The summed E-state index contributed by atoms with van der Waals surface area (Å²) in [5.74, 6) is -2.21. The van der Waals surface area contributed by atoms with Crippen molar-refractivity contribution in [2.75, 3.05) is 5.32 Å². The Morgan fingerprint density at radius 2 is 2.09 bits per heavy atom. The van der Waals surface area contributed by atoms with Crippen molar-refractivity contribution >= 4 is 17.5 Å². The average molecular weight is 312 g/mol. The fraction of sp³-hybridized carbons (Fsp3) is 0.312. The minimum atomic E-state index is -1.52. The number of carbonyl (C=O) groups is 2. The minimum Gasteiger partial charge on any atom is -0.360 e. The second-order valence-electron chi connectivity index (χ2n) is 5.96. The lowest BCUT2D eigenvalue weighted by Crippen LogP contribution is -2.29. The first-order chi connectivity index (χ1) is 10.8. The summed E-state index contributed by atoms with van der Waals surface area (Å²) in [5.41, 5.74) is -0.373. The fourth-order valence-electron chi connectivity index (χ4n) is 1.76. The number of hydrogen-bond acceptors (Lipinski definition) is 6. The Balaban J connectivity index is 2.17. The number of nitrogens with one attached hydrogen (secondary N) is 1. The largest absolute Gasteiger partial charge is 0.360 e. The SMILES string of the molecule is CC(C)(C)c1cc(C(=O)[C@@H](C#N)C(=O)Nc2ccccn2)no1. The number of pyridine rings is 1. The summed E-state index contributed by atoms with van der Waals surface area (Å²) in [6.07, 6.45) is 1.49. The molecule has 1 amide bonds. The van der Waals surface area contributed by atoms with E-state index in [4.69, 9.17) is 9.78 Å². The predicted molar refractivity (Wildman–Crippen MR) is 81.5 cm³/mol. The zero-order valence-electron chi connectivity index (χ0n) is 13.0. The molecule has 7 heteroatoms. The third-order valence-corrected chi connectivity index (χ3v) is 3.07. The zero-order valence-corrected chi connectivity index (χ0v) is 13.0. The van der Waals surface area contributed by atoms with Gasteiger partial charge in [-0.3, -0.25) is 9.59 Å². The number of nitrogens with zero attached hydrogens (tertiary/aromatic N) is 3. The van der Waals surface area contributed by atoms with Gasteiger partial charge in [-0.25, -0.2) is 4.98 Å². The number of hydrogen-bond donors (Lipinski definition) is 1. The second-order valence-corrected chi connectivity index (χ2v) is 5.96. The maximum Gasteiger partial charge on any atom is 0.250 e. The van der Waals surface area contributed by atoms with E-state index in [1.54, 1.807) is 24.3 Å². The number of carbonyl (C=O) groups excluding carboxylic acids is 2. The molecule has 118 valence electrons. The van der Waals surface area contributed by atoms with E-state index in [9.17, 15) is 9.59 Å². The van der Waals surface area contributed by atoms with Gasteiger partial charge in [0.15, 0.2) is 11.6 Å². The molecule has 0 aliphatic carbocycles. The molecular formula is C16H16N4O3. The molecule has 0 aliphatic rings. The Hall–Kier alpha value is -3.01. The third kappa shape index (κ3) is 3.80. The number of nitriles is 1. The van der Waals surface area contributed by atoms with E-state index in [0.717, 1.165) is 0 Å². The monoisotopic (exact) mass is 312 g/mol. The Bertz CT molecular complexity index is 754. The lowest BCUT2D eigenvalue weighted by molar-refractivity contribution is -0.117. The molecule has 2 heterocycles. The van der Waals surface area contributed by atoms with Gasteiger partial charge in [0.25, 0.3) is 5.91 Å². The second kappa shape index (κ2) is 6.40. The molecule has 2 aromatic heterocycles. The Morgan fingerprint density at radius 3 is 2.61 bits per heavy atom. The maximum absolute atomic E-state index is 12.3. The summed E-state index contributed by atoms with van der Waals surface area (Å²) >= 11 is 0. The third-order valence-electron chi connectivity index (χ3n) is 3.07. The molecule has 0 saturated carbocycles. The van der Waals surface area contributed by atoms with Gasteiger partial charge < -0.3 is 9.84 Å². The van der Waals surface area contributed by atoms with Gasteiger partial charge in [0, 0.05) is 17.7 Å². The molecule has 0 bridgehead atoms. The molecule has 1 atom stereocenters. The number of anilines is 1. The first-order valence-corrected chi connectivity index (χ1v) is 6.96. The van der Waals surface area contributed by atoms with E-state index in [0.29, 0.717) is 5.76 Å². The average Bonchev–Trinajstić information content (AvgIpc) is 2.99. The van der Waals surface area contributed by atoms with Crippen LogP contribution in [0.15, 0.2) is 35.0 Å². The van der Waals surface area contributed by atoms with Gasteiger partial charge in [0.2, 0.25) is 5.78 Å². The molecule has 2 aromatic rings. The summed E-state index contributed by atoms with van der Waals surface area (Å²) in [7, 11) is 0. The van der Waals surface area contributed by atoms with E-state index >= 15 is 0 Å². The van der Waals surface area contributed by atoms with Crippen LogP contribution in [0.1, 0.15) is 37.0 Å². The van der Waals surface area contributed by atoms with Crippen LogP contribution in [0.5, 0.6) is 0 Å². The van der Waals surface area contributed by atoms with Crippen LogP contribution in [-0.2, 0) is 10.2 Å². The fourth-order valence-corrected chi connectivity index (χ4v) is 1.76. The van der Waals surface area contributed by atoms with Crippen molar-refractivity contribution in [1.82, 2.24) is 10.1 Å². The van der Waals surface area contributed by atoms with E-state index in [1.807, 2.05) is 20.8 Å². The molecule has 23 heavy (non-hydrogen) atoms. The van der Waals surface area contributed by atoms with Gasteiger partial charge in [-0.2, -0.15) is 5.26 Å². The minimum absolute atomic E-state index is 0.0438. The molecule has 0 aromatic carbocycles. The Kier molecular flexibility index (Phi) is 4.55. The number of amides is 1. The van der Waals surface area contributed by atoms with Crippen LogP contribution in [0.2, 0.25) is 0 Å². The van der Waals surface area contributed by atoms with Crippen LogP contribution in [0.3, 0.4) is 0 Å². The van der Waals surface area contributed by atoms with E-state index in [-0.39, 0.29) is 16.9 Å². The summed E-state index contributed by atoms with van der Waals surface area (Å²) < 4.78 is 5.12. The van der Waals surface area contributed by atoms with E-state index in [1.165, 1.54) is 12.3 Å². The van der Waals surface area contributed by atoms with Crippen molar-refractivity contribution in [2.45, 2.75) is 26.2 Å². The standard InChI is InChI=1S/C16H16N4O3/c1-16(2,3)12-8-11(20-23-12)14(21)10(9-17)15(22)19-13-6-4-5-7-18-13/h4-8,10H,1-3H3,(H,18,19,22)/t10-/m1/s1. The highest BCUT2D eigenvalue weighted by Gasteiger charge is 2.31. The quantitative estimate of drug-likeness (QED) is 0.685. The molecule has 0 aliphatic heterocycles. The highest BCUT2D eigenvalue weighted by molar-refractivity contribution is 6.14. The number of rotatable bonds is 4. The Morgan fingerprint density at radius 1 is 1.35 bits per heavy atom. The van der Waals surface area contributed by atoms with E-state index < -0.39 is 17.6 Å². The highest BCUT2D eigenvalue weighted by atomic mass is 16.5. The highest BCUT2D eigenvalue weighted by Crippen LogP contribution is 2.23. The predicted octanol–water partition coefficient (Wildman–Crippen LogP) is 2.33. The van der Waals surface area contributed by atoms with Crippen molar-refractivity contribution in [1.29, 1.82) is 5.26 Å². The summed E-state index contributed by atoms with van der Waals surface area (Å²) in [6.45, 7) is 5.70. The lowest BCUT2D eigenvalue weighted by Gasteiger charge is -2.12. The molecule has 2 rings (SSSR count). The lowest BCUT2D eigenvalue weighted by atomic mass is 9.92. The van der Waals surface area contributed by atoms with Gasteiger partial charge in [-0.15, -0.1) is 0 Å². The number of ketones is 1. The molecule has 7 nitrogen and oxygen atoms in total. The molecule has 0 spiro atoms. The zero-order chi connectivity index (χ0) is 17.0. The van der Waals surface area contributed by atoms with Gasteiger partial charge in [-0.05, 0) is 12.1 Å². The van der Waals surface area contributed by atoms with Crippen molar-refractivity contribution in [2.24, 2.45) is 5.92 Å². The van der Waals surface area contributed by atoms with Gasteiger partial charge in [0.05, 0.1) is 6.07 Å². The van der Waals surface area contributed by atoms with Crippen LogP contribution >= 0.6 is 0 Å². The Labute approximate surface area is 133 Å². The molecule has 0 unspecified atom stereocenters. The number of Topliss-reactive ketones (excluding diaryl/α,β-unsaturated/α-hetero) is 1. The summed E-state index contributed by atoms with van der Waals surface area (Å²) in [4.78, 5) is 28.3. The van der Waals surface area contributed by atoms with Crippen LogP contribution in [0.4, 0.5) is 5.82 Å². The molecule has 0 fully saturated rings. The first kappa shape index (κ1) is 16.4.